The van der Waals surface area contributed by atoms with Gasteiger partial charge in [-0.05, 0) is 0 Å². The van der Waals surface area contributed by atoms with Crippen molar-refractivity contribution >= 4 is 11.9 Å². The van der Waals surface area contributed by atoms with Crippen LogP contribution >= 0.6 is 0 Å². The van der Waals surface area contributed by atoms with Crippen LogP contribution in [0.1, 0.15) is 206 Å². The van der Waals surface area contributed by atoms with E-state index >= 15 is 0 Å². The van der Waals surface area contributed by atoms with Gasteiger partial charge in [0.1, 0.15) is 0 Å². The SMILES string of the molecule is CCCCCCCCCCCCCCCCCOC(=O)[C]12[CH]3[CH]4[CH]5[CH]1[Fe]45321678[CH]2[CH]1[CH]6[C]7(C(=O)OCCCCCCCCCCCCCCCCC)[CH]28. The summed E-state index contributed by atoms with van der Waals surface area (Å²) in [4.78, 5) is 34.6. The summed E-state index contributed by atoms with van der Waals surface area (Å²) < 4.78 is 12.4. The molecule has 8 unspecified atom stereocenters. The zero-order valence-corrected chi connectivity index (χ0v) is 34.3. The molecule has 8 atom stereocenters. The van der Waals surface area contributed by atoms with E-state index < -0.39 is 6.51 Å². The molecule has 294 valence electrons. The van der Waals surface area contributed by atoms with Gasteiger partial charge >= 0.3 is 201 Å². The zero-order valence-electron chi connectivity index (χ0n) is 33.2. The van der Waals surface area contributed by atoms with Gasteiger partial charge in [-0.25, -0.2) is 0 Å². The van der Waals surface area contributed by atoms with E-state index in [0.29, 0.717) is 32.5 Å². The second-order valence-electron chi connectivity index (χ2n) is 21.9. The number of ether oxygens (including phenoxy) is 2. The summed E-state index contributed by atoms with van der Waals surface area (Å²) in [6, 6.07) is 0. The Labute approximate surface area is 303 Å². The van der Waals surface area contributed by atoms with Gasteiger partial charge in [-0.1, -0.05) is 104 Å². The molecule has 0 bridgehead atoms. The molecule has 51 heavy (non-hydrogen) atoms. The second kappa shape index (κ2) is 8.00. The Kier molecular flexibility index (Phi) is 5.48. The molecule has 0 aromatic carbocycles. The molecule has 10 aliphatic rings. The van der Waals surface area contributed by atoms with Gasteiger partial charge in [0.15, 0.2) is 0 Å². The first kappa shape index (κ1) is 34.9. The number of esters is 2. The molecule has 10 fully saturated rings. The quantitative estimate of drug-likeness (QED) is 0.0373. The average molecular weight is 751 g/mol. The van der Waals surface area contributed by atoms with Gasteiger partial charge in [0.05, 0.1) is 0 Å². The molecule has 0 aliphatic carbocycles. The Bertz CT molecular complexity index is 1540. The molecule has 0 saturated carbocycles. The average Bonchev–Trinajstić information content (AvgIpc) is 4.09. The molecule has 10 saturated heterocycles. The molecule has 0 radical (unpaired) electrons. The number of hydrogen-bond donors (Lipinski definition) is 0. The van der Waals surface area contributed by atoms with E-state index in [1.807, 2.05) is 0 Å². The summed E-state index contributed by atoms with van der Waals surface area (Å²) in [5.41, 5.74) is 0. The van der Waals surface area contributed by atoms with Crippen LogP contribution in [0.25, 0.3) is 0 Å². The van der Waals surface area contributed by atoms with Crippen LogP contribution in [-0.2, 0) is 25.6 Å². The molecule has 0 aromatic heterocycles. The zero-order chi connectivity index (χ0) is 35.1. The molecule has 10 heterocycles. The molecule has 4 nitrogen and oxygen atoms in total. The summed E-state index contributed by atoms with van der Waals surface area (Å²) in [6.07, 6.45) is 40.7. The molecule has 5 heteroatoms. The minimum absolute atomic E-state index is 0.0441. The number of unbranched alkanes of at least 4 members (excludes halogenated alkanes) is 28. The number of rotatable bonds is 34. The molecule has 10 rings (SSSR count). The number of hydrogen-bond acceptors (Lipinski definition) is 4. The van der Waals surface area contributed by atoms with Gasteiger partial charge in [0.2, 0.25) is 0 Å². The van der Waals surface area contributed by atoms with Crippen LogP contribution in [0.2, 0.25) is 47.2 Å². The van der Waals surface area contributed by atoms with Gasteiger partial charge in [0.25, 0.3) is 0 Å². The van der Waals surface area contributed by atoms with Crippen LogP contribution in [0.3, 0.4) is 0 Å². The topological polar surface area (TPSA) is 52.6 Å². The Morgan fingerprint density at radius 2 is 0.588 bits per heavy atom. The first-order valence-electron chi connectivity index (χ1n) is 23.4. The predicted molar refractivity (Wildman–Crippen MR) is 207 cm³/mol. The van der Waals surface area contributed by atoms with Crippen LogP contribution in [0.15, 0.2) is 0 Å². The van der Waals surface area contributed by atoms with Gasteiger partial charge in [-0.3, -0.25) is 0 Å². The summed E-state index contributed by atoms with van der Waals surface area (Å²) in [5.74, 6) is 0.461. The maximum atomic E-state index is 14.1. The Morgan fingerprint density at radius 3 is 0.804 bits per heavy atom. The van der Waals surface area contributed by atoms with Gasteiger partial charge in [-0.2, -0.15) is 0 Å². The first-order valence-corrected chi connectivity index (χ1v) is 29.7. The van der Waals surface area contributed by atoms with E-state index in [2.05, 4.69) is 13.8 Å². The third-order valence-electron chi connectivity index (χ3n) is 23.4. The third kappa shape index (κ3) is 1.49. The van der Waals surface area contributed by atoms with Gasteiger partial charge < -0.3 is 0 Å². The first-order chi connectivity index (χ1) is 24.9. The normalized spacial score (nSPS) is 48.9. The van der Waals surface area contributed by atoms with Crippen LogP contribution < -0.4 is 0 Å². The molecular formula is C46H78FeO4. The van der Waals surface area contributed by atoms with Crippen molar-refractivity contribution in [2.75, 3.05) is 13.2 Å². The van der Waals surface area contributed by atoms with Crippen molar-refractivity contribution in [3.8, 4) is 0 Å². The standard InChI is InChI=1S/2C23H39O2.Fe/c2*1-2-3-4-5-6-7-8-9-10-11-12-13-14-15-18-21-25-23(24)22-19-16-17-20-22;/h2*16-17,19-20H,2-15,18,21H2,1H3;. The minimum atomic E-state index is -4.20. The molecule has 0 amide bonds. The van der Waals surface area contributed by atoms with Crippen LogP contribution in [0.5, 0.6) is 0 Å². The monoisotopic (exact) mass is 751 g/mol. The Hall–Kier alpha value is -0.541. The third-order valence-corrected chi connectivity index (χ3v) is 66.0. The molecule has 0 aromatic rings. The van der Waals surface area contributed by atoms with E-state index in [1.54, 1.807) is 0 Å². The van der Waals surface area contributed by atoms with Crippen LogP contribution in [-0.4, -0.2) is 25.2 Å². The van der Waals surface area contributed by atoms with Crippen LogP contribution in [0, 0.1) is 0 Å². The second-order valence-corrected chi connectivity index (χ2v) is 45.1. The van der Waals surface area contributed by atoms with Crippen molar-refractivity contribution in [1.29, 1.82) is 0 Å². The summed E-state index contributed by atoms with van der Waals surface area (Å²) >= 11 is 0. The summed E-state index contributed by atoms with van der Waals surface area (Å²) in [6.45, 7) is 1.64. The number of fused-ring (bicyclic) bond motifs is 10. The van der Waals surface area contributed by atoms with Crippen molar-refractivity contribution in [2.45, 2.75) is 254 Å². The van der Waals surface area contributed by atoms with Crippen molar-refractivity contribution in [3.05, 3.63) is 0 Å². The fourth-order valence-electron chi connectivity index (χ4n) is 23.1. The molecular weight excluding hydrogens is 672 g/mol. The fraction of sp³-hybridized carbons (Fsp3) is 0.957. The predicted octanol–water partition coefficient (Wildman–Crippen LogP) is 14.9. The summed E-state index contributed by atoms with van der Waals surface area (Å²) in [7, 11) is 0. The van der Waals surface area contributed by atoms with E-state index in [-0.39, 0.29) is 20.6 Å². The van der Waals surface area contributed by atoms with E-state index in [0.717, 1.165) is 32.1 Å². The van der Waals surface area contributed by atoms with E-state index in [1.165, 1.54) is 180 Å². The van der Waals surface area contributed by atoms with Gasteiger partial charge in [0, 0.05) is 0 Å². The molecule has 1 spiro atoms. The summed E-state index contributed by atoms with van der Waals surface area (Å²) in [5, 5.41) is 0. The fourth-order valence-corrected chi connectivity index (χ4v) is 98.0. The van der Waals surface area contributed by atoms with E-state index in [9.17, 15) is 9.59 Å². The van der Waals surface area contributed by atoms with Crippen molar-refractivity contribution in [1.82, 2.24) is 0 Å². The molecule has 0 N–H and O–H groups in total. The van der Waals surface area contributed by atoms with Crippen molar-refractivity contribution in [3.63, 3.8) is 0 Å². The van der Waals surface area contributed by atoms with Gasteiger partial charge in [-0.15, -0.1) is 0 Å². The van der Waals surface area contributed by atoms with Crippen LogP contribution in [0.4, 0.5) is 0 Å². The number of carbonyl (C=O) groups is 2. The van der Waals surface area contributed by atoms with Crippen molar-refractivity contribution in [2.24, 2.45) is 0 Å². The Balaban J connectivity index is 0.592. The number of carbonyl (C=O) groups excluding carboxylic acids is 2. The molecule has 10 aliphatic heterocycles. The van der Waals surface area contributed by atoms with Crippen molar-refractivity contribution < 1.29 is 25.6 Å². The van der Waals surface area contributed by atoms with E-state index in [4.69, 9.17) is 9.47 Å². The Morgan fingerprint density at radius 1 is 0.373 bits per heavy atom. The maximum absolute atomic E-state index is 14.1.